The van der Waals surface area contributed by atoms with E-state index in [0.29, 0.717) is 24.4 Å². The molecule has 1 N–H and O–H groups in total. The number of ether oxygens (including phenoxy) is 1. The Kier molecular flexibility index (Phi) is 11.6. The summed E-state index contributed by atoms with van der Waals surface area (Å²) in [5, 5.41) is 3.17. The van der Waals surface area contributed by atoms with E-state index >= 15 is 0 Å². The van der Waals surface area contributed by atoms with Gasteiger partial charge in [0.25, 0.3) is 0 Å². The van der Waals surface area contributed by atoms with Gasteiger partial charge in [-0.25, -0.2) is 8.42 Å². The number of hydrogen-bond donors (Lipinski definition) is 1. The lowest BCUT2D eigenvalue weighted by Gasteiger charge is -2.32. The van der Waals surface area contributed by atoms with Crippen molar-refractivity contribution in [1.29, 1.82) is 0 Å². The minimum Gasteiger partial charge on any atom is -0.495 e. The van der Waals surface area contributed by atoms with E-state index in [0.717, 1.165) is 22.9 Å². The lowest BCUT2D eigenvalue weighted by molar-refractivity contribution is -0.141. The molecular weight excluding hydrogens is 562 g/mol. The van der Waals surface area contributed by atoms with Gasteiger partial charge >= 0.3 is 0 Å². The zero-order valence-electron chi connectivity index (χ0n) is 24.0. The lowest BCUT2D eigenvalue weighted by Crippen LogP contribution is -2.50. The molecule has 0 aromatic heterocycles. The highest BCUT2D eigenvalue weighted by molar-refractivity contribution is 7.92. The number of carbonyl (C=O) groups excluding carboxylic acids is 2. The predicted molar refractivity (Wildman–Crippen MR) is 164 cm³/mol. The molecule has 220 valence electrons. The van der Waals surface area contributed by atoms with Gasteiger partial charge in [-0.2, -0.15) is 0 Å². The van der Waals surface area contributed by atoms with Gasteiger partial charge in [0.1, 0.15) is 11.8 Å². The fourth-order valence-corrected chi connectivity index (χ4v) is 5.84. The van der Waals surface area contributed by atoms with E-state index in [9.17, 15) is 18.0 Å². The van der Waals surface area contributed by atoms with Crippen LogP contribution in [0.3, 0.4) is 0 Å². The Hall–Kier alpha value is -3.56. The maximum Gasteiger partial charge on any atom is 0.243 e. The van der Waals surface area contributed by atoms with Crippen LogP contribution < -0.4 is 14.4 Å². The van der Waals surface area contributed by atoms with Crippen molar-refractivity contribution in [1.82, 2.24) is 10.2 Å². The highest BCUT2D eigenvalue weighted by Crippen LogP contribution is 2.30. The van der Waals surface area contributed by atoms with Crippen molar-refractivity contribution in [3.63, 3.8) is 0 Å². The van der Waals surface area contributed by atoms with E-state index < -0.39 is 16.1 Å². The second kappa shape index (κ2) is 14.9. The third-order valence-corrected chi connectivity index (χ3v) is 8.29. The van der Waals surface area contributed by atoms with Crippen molar-refractivity contribution >= 4 is 39.1 Å². The quantitative estimate of drug-likeness (QED) is 0.282. The van der Waals surface area contributed by atoms with Crippen LogP contribution in [-0.4, -0.2) is 57.6 Å². The molecule has 0 radical (unpaired) electrons. The van der Waals surface area contributed by atoms with Gasteiger partial charge in [-0.1, -0.05) is 66.2 Å². The summed E-state index contributed by atoms with van der Waals surface area (Å²) in [6.45, 7) is 4.57. The number of hydrogen-bond acceptors (Lipinski definition) is 5. The first-order valence-electron chi connectivity index (χ1n) is 13.5. The van der Waals surface area contributed by atoms with Crippen molar-refractivity contribution in [3.05, 3.63) is 94.5 Å². The molecule has 0 unspecified atom stereocenters. The van der Waals surface area contributed by atoms with Crippen LogP contribution in [0.4, 0.5) is 5.69 Å². The Labute approximate surface area is 248 Å². The fraction of sp³-hybridized carbons (Fsp3) is 0.355. The number of rotatable bonds is 14. The molecule has 0 aliphatic rings. The zero-order chi connectivity index (χ0) is 30.0. The summed E-state index contributed by atoms with van der Waals surface area (Å²) >= 11 is 6.25. The minimum atomic E-state index is -3.66. The first-order valence-corrected chi connectivity index (χ1v) is 15.7. The molecule has 0 aliphatic carbocycles. The number of likely N-dealkylation sites (N-methyl/N-ethyl adjacent to an activating group) is 1. The van der Waals surface area contributed by atoms with Gasteiger partial charge in [-0.15, -0.1) is 0 Å². The van der Waals surface area contributed by atoms with E-state index in [1.54, 1.807) is 17.0 Å². The molecule has 0 spiro atoms. The molecular formula is C31H38ClN3O5S. The number of nitrogens with zero attached hydrogens (tertiary/aromatic N) is 2. The number of carbonyl (C=O) groups is 2. The average molecular weight is 600 g/mol. The van der Waals surface area contributed by atoms with Crippen LogP contribution in [0.15, 0.2) is 72.8 Å². The minimum absolute atomic E-state index is 0.0481. The summed E-state index contributed by atoms with van der Waals surface area (Å²) in [4.78, 5) is 28.8. The number of methoxy groups -OCH3 is 1. The van der Waals surface area contributed by atoms with E-state index in [2.05, 4.69) is 5.32 Å². The second-order valence-electron chi connectivity index (χ2n) is 9.81. The Morgan fingerprint density at radius 1 is 1.02 bits per heavy atom. The van der Waals surface area contributed by atoms with Gasteiger partial charge in [0.05, 0.1) is 24.1 Å². The maximum absolute atomic E-state index is 13.8. The van der Waals surface area contributed by atoms with Crippen LogP contribution in [0.2, 0.25) is 5.02 Å². The van der Waals surface area contributed by atoms with Crippen molar-refractivity contribution in [2.24, 2.45) is 0 Å². The first-order chi connectivity index (χ1) is 19.5. The van der Waals surface area contributed by atoms with Crippen molar-refractivity contribution in [2.45, 2.75) is 45.7 Å². The largest absolute Gasteiger partial charge is 0.495 e. The molecule has 0 heterocycles. The molecule has 41 heavy (non-hydrogen) atoms. The van der Waals surface area contributed by atoms with Crippen LogP contribution >= 0.6 is 11.6 Å². The topological polar surface area (TPSA) is 96.0 Å². The zero-order valence-corrected chi connectivity index (χ0v) is 25.5. The van der Waals surface area contributed by atoms with Crippen molar-refractivity contribution in [2.75, 3.05) is 30.8 Å². The molecule has 3 aromatic carbocycles. The van der Waals surface area contributed by atoms with Gasteiger partial charge in [0.2, 0.25) is 21.8 Å². The summed E-state index contributed by atoms with van der Waals surface area (Å²) in [6, 6.07) is 21.4. The lowest BCUT2D eigenvalue weighted by atomic mass is 10.0. The first kappa shape index (κ1) is 32.0. The molecule has 0 fully saturated rings. The van der Waals surface area contributed by atoms with Crippen LogP contribution in [-0.2, 0) is 32.6 Å². The van der Waals surface area contributed by atoms with Crippen molar-refractivity contribution < 1.29 is 22.7 Å². The monoisotopic (exact) mass is 599 g/mol. The summed E-state index contributed by atoms with van der Waals surface area (Å²) in [5.41, 5.74) is 3.27. The summed E-state index contributed by atoms with van der Waals surface area (Å²) < 4.78 is 31.7. The van der Waals surface area contributed by atoms with Crippen LogP contribution in [0.5, 0.6) is 5.75 Å². The van der Waals surface area contributed by atoms with Gasteiger partial charge in [0.15, 0.2) is 0 Å². The molecule has 10 heteroatoms. The average Bonchev–Trinajstić information content (AvgIpc) is 2.93. The SMILES string of the molecule is CCNC(=O)[C@H](Cc1ccccc1)N(Cc1ccccc1C)C(=O)CCCN(c1ccc(OC)c(Cl)c1)S(C)(=O)=O. The van der Waals surface area contributed by atoms with Crippen LogP contribution in [0, 0.1) is 6.92 Å². The number of aryl methyl sites for hydroxylation is 1. The Morgan fingerprint density at radius 2 is 1.71 bits per heavy atom. The number of anilines is 1. The van der Waals surface area contributed by atoms with E-state index in [1.807, 2.05) is 68.4 Å². The number of sulfonamides is 1. The third kappa shape index (κ3) is 8.96. The Morgan fingerprint density at radius 3 is 2.32 bits per heavy atom. The van der Waals surface area contributed by atoms with Gasteiger partial charge in [0, 0.05) is 32.5 Å². The number of amides is 2. The van der Waals surface area contributed by atoms with Crippen LogP contribution in [0.1, 0.15) is 36.5 Å². The number of nitrogens with one attached hydrogen (secondary N) is 1. The number of halogens is 1. The molecule has 8 nitrogen and oxygen atoms in total. The third-order valence-electron chi connectivity index (χ3n) is 6.80. The van der Waals surface area contributed by atoms with Gasteiger partial charge in [-0.05, 0) is 55.2 Å². The molecule has 0 aliphatic heterocycles. The Bertz CT molecular complexity index is 1430. The molecule has 3 aromatic rings. The summed E-state index contributed by atoms with van der Waals surface area (Å²) in [6.07, 6.45) is 1.76. The molecule has 2 amide bonds. The van der Waals surface area contributed by atoms with E-state index in [-0.39, 0.29) is 42.8 Å². The highest BCUT2D eigenvalue weighted by atomic mass is 35.5. The Balaban J connectivity index is 1.87. The highest BCUT2D eigenvalue weighted by Gasteiger charge is 2.30. The van der Waals surface area contributed by atoms with E-state index in [4.69, 9.17) is 16.3 Å². The second-order valence-corrected chi connectivity index (χ2v) is 12.1. The molecule has 0 saturated carbocycles. The van der Waals surface area contributed by atoms with Gasteiger partial charge in [-0.3, -0.25) is 13.9 Å². The maximum atomic E-state index is 13.8. The molecule has 3 rings (SSSR count). The summed E-state index contributed by atoms with van der Waals surface area (Å²) in [5.74, 6) is -0.0358. The summed E-state index contributed by atoms with van der Waals surface area (Å²) in [7, 11) is -2.18. The molecule has 1 atom stereocenters. The predicted octanol–water partition coefficient (Wildman–Crippen LogP) is 4.98. The standard InChI is InChI=1S/C31H38ClN3O5S/c1-5-33-31(37)28(20-24-13-7-6-8-14-24)34(22-25-15-10-9-12-23(25)2)30(36)16-11-19-35(41(4,38)39)26-17-18-29(40-3)27(32)21-26/h6-10,12-15,17-18,21,28H,5,11,16,19-20,22H2,1-4H3,(H,33,37)/t28-/m0/s1. The van der Waals surface area contributed by atoms with Gasteiger partial charge < -0.3 is 15.0 Å². The van der Waals surface area contributed by atoms with Crippen LogP contribution in [0.25, 0.3) is 0 Å². The normalized spacial score (nSPS) is 11.9. The molecule has 0 bridgehead atoms. The fourth-order valence-electron chi connectivity index (χ4n) is 4.63. The van der Waals surface area contributed by atoms with E-state index in [1.165, 1.54) is 17.5 Å². The smallest absolute Gasteiger partial charge is 0.243 e. The van der Waals surface area contributed by atoms with Crippen molar-refractivity contribution in [3.8, 4) is 5.75 Å². The number of benzene rings is 3. The molecule has 0 saturated heterocycles.